The number of phenolic OH excluding ortho intramolecular Hbond substituents is 1. The second kappa shape index (κ2) is 9.41. The van der Waals surface area contributed by atoms with Crippen LogP contribution in [0.5, 0.6) is 5.75 Å². The van der Waals surface area contributed by atoms with E-state index in [9.17, 15) is 18.3 Å². The molecule has 0 unspecified atom stereocenters. The van der Waals surface area contributed by atoms with Crippen molar-refractivity contribution in [3.63, 3.8) is 0 Å². The molecule has 0 spiro atoms. The highest BCUT2D eigenvalue weighted by atomic mass is 32.2. The Bertz CT molecular complexity index is 1040. The third-order valence-electron chi connectivity index (χ3n) is 4.11. The molecule has 3 rings (SSSR count). The molecule has 0 fully saturated rings. The fourth-order valence-corrected chi connectivity index (χ4v) is 4.55. The maximum atomic E-state index is 13.0. The zero-order chi connectivity index (χ0) is 20.7. The second-order valence-electron chi connectivity index (χ2n) is 6.37. The van der Waals surface area contributed by atoms with Crippen molar-refractivity contribution in [2.45, 2.75) is 49.3 Å². The van der Waals surface area contributed by atoms with E-state index in [0.717, 1.165) is 18.4 Å². The standard InChI is InChI=1S/C17H17NO3S.C4H8O2/c1-2-5-13-12-18-11-4-3-6-16(18)17(13)22(20,21)15-9-7-14(19)8-10-15;1-2-3-4(5)6/h3-4,6-12,19H,2,5H2,1H3;2-3H2,1H3,(H,5,6). The molecule has 0 aliphatic heterocycles. The van der Waals surface area contributed by atoms with Crippen LogP contribution in [0.25, 0.3) is 5.52 Å². The number of sulfone groups is 1. The number of aryl methyl sites for hydroxylation is 1. The number of hydrogen-bond acceptors (Lipinski definition) is 4. The number of nitrogens with zero attached hydrogens (tertiary/aromatic N) is 1. The first-order valence-electron chi connectivity index (χ1n) is 9.15. The van der Waals surface area contributed by atoms with E-state index in [4.69, 9.17) is 5.11 Å². The summed E-state index contributed by atoms with van der Waals surface area (Å²) in [7, 11) is -3.62. The number of benzene rings is 1. The molecular formula is C21H25NO5S. The van der Waals surface area contributed by atoms with Crippen LogP contribution < -0.4 is 0 Å². The molecule has 0 atom stereocenters. The lowest BCUT2D eigenvalue weighted by Crippen LogP contribution is -2.04. The number of pyridine rings is 1. The van der Waals surface area contributed by atoms with Crippen LogP contribution >= 0.6 is 0 Å². The molecule has 0 amide bonds. The van der Waals surface area contributed by atoms with Crippen molar-refractivity contribution < 1.29 is 23.4 Å². The molecule has 0 radical (unpaired) electrons. The number of carboxylic acid groups (broad SMARTS) is 1. The van der Waals surface area contributed by atoms with Crippen LogP contribution in [-0.4, -0.2) is 29.0 Å². The molecule has 0 aliphatic carbocycles. The third kappa shape index (κ3) is 4.92. The van der Waals surface area contributed by atoms with Crippen LogP contribution in [0.2, 0.25) is 0 Å². The minimum absolute atomic E-state index is 0.0504. The normalized spacial score (nSPS) is 11.1. The molecular weight excluding hydrogens is 378 g/mol. The highest BCUT2D eigenvalue weighted by molar-refractivity contribution is 7.91. The highest BCUT2D eigenvalue weighted by Crippen LogP contribution is 2.31. The third-order valence-corrected chi connectivity index (χ3v) is 6.01. The van der Waals surface area contributed by atoms with Gasteiger partial charge in [-0.15, -0.1) is 0 Å². The van der Waals surface area contributed by atoms with Gasteiger partial charge in [0.2, 0.25) is 9.84 Å². The van der Waals surface area contributed by atoms with Gasteiger partial charge in [0, 0.05) is 18.8 Å². The first-order valence-corrected chi connectivity index (χ1v) is 10.6. The van der Waals surface area contributed by atoms with E-state index in [0.29, 0.717) is 23.3 Å². The minimum atomic E-state index is -3.62. The monoisotopic (exact) mass is 403 g/mol. The van der Waals surface area contributed by atoms with E-state index in [1.807, 2.05) is 48.8 Å². The number of rotatable bonds is 6. The molecule has 0 saturated carbocycles. The zero-order valence-corrected chi connectivity index (χ0v) is 16.8. The Morgan fingerprint density at radius 2 is 1.71 bits per heavy atom. The van der Waals surface area contributed by atoms with Crippen molar-refractivity contribution in [3.05, 3.63) is 60.4 Å². The van der Waals surface area contributed by atoms with Gasteiger partial charge in [0.05, 0.1) is 10.4 Å². The fourth-order valence-electron chi connectivity index (χ4n) is 2.87. The second-order valence-corrected chi connectivity index (χ2v) is 8.25. The van der Waals surface area contributed by atoms with Crippen LogP contribution in [0.15, 0.2) is 64.6 Å². The van der Waals surface area contributed by atoms with Gasteiger partial charge in [-0.3, -0.25) is 4.79 Å². The zero-order valence-electron chi connectivity index (χ0n) is 16.0. The van der Waals surface area contributed by atoms with E-state index >= 15 is 0 Å². The Balaban J connectivity index is 0.000000409. The van der Waals surface area contributed by atoms with Crippen molar-refractivity contribution in [1.29, 1.82) is 0 Å². The average Bonchev–Trinajstić information content (AvgIpc) is 3.01. The molecule has 28 heavy (non-hydrogen) atoms. The number of aromatic nitrogens is 1. The van der Waals surface area contributed by atoms with Crippen LogP contribution in [0.1, 0.15) is 38.7 Å². The quantitative estimate of drug-likeness (QED) is 0.640. The number of carboxylic acids is 1. The number of aromatic hydroxyl groups is 1. The Morgan fingerprint density at radius 3 is 2.25 bits per heavy atom. The van der Waals surface area contributed by atoms with Gasteiger partial charge in [-0.2, -0.15) is 0 Å². The number of aliphatic carboxylic acids is 1. The summed E-state index contributed by atoms with van der Waals surface area (Å²) >= 11 is 0. The summed E-state index contributed by atoms with van der Waals surface area (Å²) in [5.74, 6) is -0.660. The van der Waals surface area contributed by atoms with Crippen LogP contribution in [0.4, 0.5) is 0 Å². The maximum absolute atomic E-state index is 13.0. The summed E-state index contributed by atoms with van der Waals surface area (Å²) in [6.45, 7) is 3.87. The van der Waals surface area contributed by atoms with Crippen LogP contribution in [0, 0.1) is 0 Å². The molecule has 3 aromatic rings. The molecule has 0 bridgehead atoms. The molecule has 6 nitrogen and oxygen atoms in total. The molecule has 2 heterocycles. The van der Waals surface area contributed by atoms with Crippen molar-refractivity contribution >= 4 is 21.3 Å². The van der Waals surface area contributed by atoms with Gasteiger partial charge in [-0.25, -0.2) is 8.42 Å². The van der Waals surface area contributed by atoms with Crippen molar-refractivity contribution in [2.75, 3.05) is 0 Å². The van der Waals surface area contributed by atoms with Gasteiger partial charge in [0.1, 0.15) is 10.6 Å². The van der Waals surface area contributed by atoms with Crippen molar-refractivity contribution in [2.24, 2.45) is 0 Å². The number of phenols is 1. The Kier molecular flexibility index (Phi) is 7.23. The predicted octanol–water partition coefficient (Wildman–Crippen LogP) is 4.30. The van der Waals surface area contributed by atoms with Gasteiger partial charge in [0.25, 0.3) is 0 Å². The lowest BCUT2D eigenvalue weighted by molar-refractivity contribution is -0.137. The summed E-state index contributed by atoms with van der Waals surface area (Å²) in [6, 6.07) is 11.2. The summed E-state index contributed by atoms with van der Waals surface area (Å²) in [5, 5.41) is 17.3. The van der Waals surface area contributed by atoms with Crippen LogP contribution in [-0.2, 0) is 21.1 Å². The molecule has 2 aromatic heterocycles. The van der Waals surface area contributed by atoms with Crippen LogP contribution in [0.3, 0.4) is 0 Å². The lowest BCUT2D eigenvalue weighted by atomic mass is 10.2. The van der Waals surface area contributed by atoms with Gasteiger partial charge in [-0.1, -0.05) is 26.3 Å². The Hall–Kier alpha value is -2.80. The predicted molar refractivity (Wildman–Crippen MR) is 107 cm³/mol. The number of fused-ring (bicyclic) bond motifs is 1. The van der Waals surface area contributed by atoms with E-state index in [1.165, 1.54) is 24.3 Å². The van der Waals surface area contributed by atoms with Gasteiger partial charge < -0.3 is 14.6 Å². The van der Waals surface area contributed by atoms with E-state index in [1.54, 1.807) is 0 Å². The van der Waals surface area contributed by atoms with E-state index in [2.05, 4.69) is 0 Å². The lowest BCUT2D eigenvalue weighted by Gasteiger charge is -2.07. The molecule has 2 N–H and O–H groups in total. The van der Waals surface area contributed by atoms with Crippen molar-refractivity contribution in [1.82, 2.24) is 4.40 Å². The molecule has 150 valence electrons. The highest BCUT2D eigenvalue weighted by Gasteiger charge is 2.25. The molecule has 0 aliphatic rings. The summed E-state index contributed by atoms with van der Waals surface area (Å²) in [6.07, 6.45) is 6.33. The fraction of sp³-hybridized carbons (Fsp3) is 0.286. The van der Waals surface area contributed by atoms with E-state index in [-0.39, 0.29) is 10.6 Å². The molecule has 7 heteroatoms. The summed E-state index contributed by atoms with van der Waals surface area (Å²) in [4.78, 5) is 10.2. The first kappa shape index (κ1) is 21.5. The largest absolute Gasteiger partial charge is 0.508 e. The molecule has 1 aromatic carbocycles. The van der Waals surface area contributed by atoms with Crippen molar-refractivity contribution in [3.8, 4) is 5.75 Å². The smallest absolute Gasteiger partial charge is 0.303 e. The Morgan fingerprint density at radius 1 is 1.04 bits per heavy atom. The van der Waals surface area contributed by atoms with Gasteiger partial charge >= 0.3 is 5.97 Å². The summed E-state index contributed by atoms with van der Waals surface area (Å²) in [5.41, 5.74) is 1.50. The van der Waals surface area contributed by atoms with Gasteiger partial charge in [0.15, 0.2) is 0 Å². The molecule has 0 saturated heterocycles. The number of carbonyl (C=O) groups is 1. The average molecular weight is 404 g/mol. The first-order chi connectivity index (χ1) is 13.3. The van der Waals surface area contributed by atoms with Gasteiger partial charge in [-0.05, 0) is 54.8 Å². The summed E-state index contributed by atoms with van der Waals surface area (Å²) < 4.78 is 27.9. The Labute approximate surface area is 165 Å². The topological polar surface area (TPSA) is 96.1 Å². The maximum Gasteiger partial charge on any atom is 0.303 e. The number of hydrogen-bond donors (Lipinski definition) is 2. The van der Waals surface area contributed by atoms with E-state index < -0.39 is 15.8 Å². The minimum Gasteiger partial charge on any atom is -0.508 e. The SMILES string of the molecule is CCCC(=O)O.CCCc1cn2ccccc2c1S(=O)(=O)c1ccc(O)cc1.